The molecule has 0 aliphatic heterocycles. The molecule has 19 heteroatoms. The van der Waals surface area contributed by atoms with Gasteiger partial charge in [-0.25, -0.2) is 9.13 Å². The molecule has 0 bridgehead atoms. The lowest BCUT2D eigenvalue weighted by atomic mass is 10.1. The maximum atomic E-state index is 13.1. The number of allylic oxidation sites excluding steroid dienone is 29. The van der Waals surface area contributed by atoms with Crippen molar-refractivity contribution in [2.75, 3.05) is 39.6 Å². The van der Waals surface area contributed by atoms with Crippen LogP contribution in [0.15, 0.2) is 182 Å². The fourth-order valence-corrected chi connectivity index (χ4v) is 11.5. The number of carbonyl (C=O) groups excluding carboxylic acids is 4. The number of carbonyl (C=O) groups is 4. The number of phosphoric ester groups is 2. The number of aliphatic hydroxyl groups excluding tert-OH is 1. The van der Waals surface area contributed by atoms with Crippen molar-refractivity contribution in [3.8, 4) is 0 Å². The zero-order chi connectivity index (χ0) is 77.4. The molecule has 0 amide bonds. The Morgan fingerprint density at radius 1 is 0.283 bits per heavy atom. The van der Waals surface area contributed by atoms with Gasteiger partial charge < -0.3 is 33.8 Å². The summed E-state index contributed by atoms with van der Waals surface area (Å²) >= 11 is 0. The molecule has 0 rings (SSSR count). The zero-order valence-electron chi connectivity index (χ0n) is 65.5. The van der Waals surface area contributed by atoms with Crippen LogP contribution in [-0.4, -0.2) is 96.7 Å². The van der Waals surface area contributed by atoms with E-state index in [0.717, 1.165) is 180 Å². The van der Waals surface area contributed by atoms with Crippen LogP contribution in [-0.2, 0) is 65.4 Å². The Balaban J connectivity index is 5.49. The zero-order valence-corrected chi connectivity index (χ0v) is 67.3. The standard InChI is InChI=1S/C87H140O17P2/c1-5-9-13-17-21-25-29-33-37-39-40-42-46-48-52-56-60-64-68-72-85(90)98-78-83(104-87(92)74-70-66-62-58-54-50-44-36-32-28-24-20-16-12-8-4)80-102-106(95,96)100-76-81(88)75-99-105(93,94)101-79-82(103-86(91)73-69-65-61-57-53-49-43-35-31-27-23-19-15-11-7-3)77-97-84(89)71-67-63-59-55-51-47-45-41-38-34-30-26-22-18-14-10-6-2/h10-12,14-16,21-28,33-38,40,42-44,53-54,57-58,65,69,81-83,88H,5-9,13,17-20,29-32,39,41,45-52,55-56,59-64,66-68,70-80H2,1-4H3,(H,93,94)(H,95,96)/b14-10-,15-11-,16-12-,25-21-,26-22-,27-23-,28-24-,37-33-,38-34-,42-40-,43-35-,44-36-,57-53-,58-54-,69-65-. The third-order valence-corrected chi connectivity index (χ3v) is 17.8. The first kappa shape index (κ1) is 100. The first-order chi connectivity index (χ1) is 51.7. The molecule has 5 atom stereocenters. The molecule has 0 aliphatic carbocycles. The second kappa shape index (κ2) is 77.3. The van der Waals surface area contributed by atoms with Gasteiger partial charge in [0.05, 0.1) is 32.8 Å². The summed E-state index contributed by atoms with van der Waals surface area (Å²) in [6, 6.07) is 0. The van der Waals surface area contributed by atoms with E-state index in [1.54, 1.807) is 12.2 Å². The van der Waals surface area contributed by atoms with Crippen molar-refractivity contribution in [1.82, 2.24) is 0 Å². The summed E-state index contributed by atoms with van der Waals surface area (Å²) < 4.78 is 68.4. The number of hydrogen-bond donors (Lipinski definition) is 3. The quantitative estimate of drug-likeness (QED) is 0.0169. The predicted molar refractivity (Wildman–Crippen MR) is 436 cm³/mol. The number of unbranched alkanes of at least 4 members (excludes halogenated alkanes) is 18. The molecular formula is C87H140O17P2. The second-order valence-corrected chi connectivity index (χ2v) is 28.8. The van der Waals surface area contributed by atoms with Crippen molar-refractivity contribution in [2.24, 2.45) is 0 Å². The maximum Gasteiger partial charge on any atom is 0.472 e. The Bertz CT molecular complexity index is 2730. The number of hydrogen-bond acceptors (Lipinski definition) is 15. The van der Waals surface area contributed by atoms with Crippen LogP contribution >= 0.6 is 15.6 Å². The van der Waals surface area contributed by atoms with E-state index in [0.29, 0.717) is 32.1 Å². The first-order valence-electron chi connectivity index (χ1n) is 40.0. The van der Waals surface area contributed by atoms with E-state index in [1.807, 2.05) is 12.2 Å². The monoisotopic (exact) mass is 1520 g/mol. The first-order valence-corrected chi connectivity index (χ1v) is 43.0. The highest BCUT2D eigenvalue weighted by atomic mass is 31.2. The Labute approximate surface area is 641 Å². The lowest BCUT2D eigenvalue weighted by molar-refractivity contribution is -0.161. The van der Waals surface area contributed by atoms with E-state index in [2.05, 4.69) is 186 Å². The fraction of sp³-hybridized carbons (Fsp3) is 0.609. The molecule has 600 valence electrons. The van der Waals surface area contributed by atoms with E-state index >= 15 is 0 Å². The molecule has 0 saturated carbocycles. The smallest absolute Gasteiger partial charge is 0.462 e. The maximum absolute atomic E-state index is 13.1. The van der Waals surface area contributed by atoms with Gasteiger partial charge in [-0.1, -0.05) is 281 Å². The minimum atomic E-state index is -5.02. The normalized spacial score (nSPS) is 14.8. The van der Waals surface area contributed by atoms with Crippen molar-refractivity contribution in [2.45, 2.75) is 303 Å². The lowest BCUT2D eigenvalue weighted by Gasteiger charge is -2.21. The molecule has 3 N–H and O–H groups in total. The Kier molecular flexibility index (Phi) is 73.1. The van der Waals surface area contributed by atoms with Crippen LogP contribution in [0, 0.1) is 0 Å². The molecule has 0 aliphatic rings. The molecule has 0 spiro atoms. The minimum absolute atomic E-state index is 0.0304. The predicted octanol–water partition coefficient (Wildman–Crippen LogP) is 23.6. The molecule has 0 aromatic rings. The van der Waals surface area contributed by atoms with Crippen molar-refractivity contribution in [3.63, 3.8) is 0 Å². The minimum Gasteiger partial charge on any atom is -0.462 e. The number of rotatable bonds is 73. The van der Waals surface area contributed by atoms with Crippen molar-refractivity contribution >= 4 is 39.5 Å². The Hall–Kier alpha value is -5.84. The van der Waals surface area contributed by atoms with Gasteiger partial charge in [-0.2, -0.15) is 0 Å². The van der Waals surface area contributed by atoms with Crippen molar-refractivity contribution in [3.05, 3.63) is 182 Å². The van der Waals surface area contributed by atoms with Gasteiger partial charge >= 0.3 is 39.5 Å². The van der Waals surface area contributed by atoms with Gasteiger partial charge in [-0.3, -0.25) is 37.3 Å². The lowest BCUT2D eigenvalue weighted by Crippen LogP contribution is -2.30. The average Bonchev–Trinajstić information content (AvgIpc) is 0.902. The van der Waals surface area contributed by atoms with Gasteiger partial charge in [0.2, 0.25) is 0 Å². The second-order valence-electron chi connectivity index (χ2n) is 25.9. The molecule has 0 radical (unpaired) electrons. The van der Waals surface area contributed by atoms with Gasteiger partial charge in [0.25, 0.3) is 0 Å². The largest absolute Gasteiger partial charge is 0.472 e. The highest BCUT2D eigenvalue weighted by molar-refractivity contribution is 7.47. The van der Waals surface area contributed by atoms with Crippen LogP contribution in [0.4, 0.5) is 0 Å². The van der Waals surface area contributed by atoms with E-state index in [4.69, 9.17) is 37.0 Å². The Morgan fingerprint density at radius 3 is 0.858 bits per heavy atom. The molecule has 0 saturated heterocycles. The molecule has 5 unspecified atom stereocenters. The number of ether oxygens (including phenoxy) is 4. The third-order valence-electron chi connectivity index (χ3n) is 15.9. The van der Waals surface area contributed by atoms with E-state index < -0.39 is 97.5 Å². The molecular weight excluding hydrogens is 1380 g/mol. The average molecular weight is 1520 g/mol. The third kappa shape index (κ3) is 76.4. The van der Waals surface area contributed by atoms with Crippen LogP contribution in [0.1, 0.15) is 285 Å². The van der Waals surface area contributed by atoms with Crippen molar-refractivity contribution < 1.29 is 80.2 Å². The molecule has 17 nitrogen and oxygen atoms in total. The summed E-state index contributed by atoms with van der Waals surface area (Å²) in [5.74, 6) is -2.41. The number of aliphatic hydroxyl groups is 1. The highest BCUT2D eigenvalue weighted by Crippen LogP contribution is 2.45. The van der Waals surface area contributed by atoms with Gasteiger partial charge in [-0.05, 0) is 161 Å². The van der Waals surface area contributed by atoms with Crippen molar-refractivity contribution in [1.29, 1.82) is 0 Å². The van der Waals surface area contributed by atoms with Crippen LogP contribution in [0.5, 0.6) is 0 Å². The van der Waals surface area contributed by atoms with Gasteiger partial charge in [0.15, 0.2) is 12.2 Å². The van der Waals surface area contributed by atoms with E-state index in [9.17, 15) is 43.2 Å². The van der Waals surface area contributed by atoms with Gasteiger partial charge in [0, 0.05) is 19.3 Å². The van der Waals surface area contributed by atoms with Gasteiger partial charge in [-0.15, -0.1) is 0 Å². The van der Waals surface area contributed by atoms with E-state index in [1.165, 1.54) is 19.3 Å². The fourth-order valence-electron chi connectivity index (χ4n) is 9.89. The summed E-state index contributed by atoms with van der Waals surface area (Å²) in [6.45, 7) is 4.30. The number of phosphoric acid groups is 2. The van der Waals surface area contributed by atoms with E-state index in [-0.39, 0.29) is 25.7 Å². The Morgan fingerprint density at radius 2 is 0.528 bits per heavy atom. The van der Waals surface area contributed by atoms with Crippen LogP contribution in [0.2, 0.25) is 0 Å². The SMILES string of the molecule is CC/C=C\C/C=C\C/C=C\C/C=C\C/C=C\CC(=O)OC(COC(=O)CCCCCCCCC/C=C\C/C=C\C/C=C\CC)COP(=O)(O)OCC(O)COP(=O)(O)OCC(COC(=O)CCCCCCCC/C=C\C/C=C\C/C=C\CCCCC)OC(=O)CCCC/C=C\C/C=C\C/C=C\C/C=C\CC. The molecule has 0 heterocycles. The summed E-state index contributed by atoms with van der Waals surface area (Å²) in [4.78, 5) is 73.0. The number of esters is 4. The van der Waals surface area contributed by atoms with Crippen LogP contribution in [0.3, 0.4) is 0 Å². The topological polar surface area (TPSA) is 237 Å². The summed E-state index contributed by atoms with van der Waals surface area (Å²) in [6.07, 6.45) is 93.4. The summed E-state index contributed by atoms with van der Waals surface area (Å²) in [7, 11) is -10.0. The molecule has 0 aromatic carbocycles. The van der Waals surface area contributed by atoms with Crippen LogP contribution in [0.25, 0.3) is 0 Å². The molecule has 106 heavy (non-hydrogen) atoms. The van der Waals surface area contributed by atoms with Crippen LogP contribution < -0.4 is 0 Å². The summed E-state index contributed by atoms with van der Waals surface area (Å²) in [5, 5.41) is 10.6. The highest BCUT2D eigenvalue weighted by Gasteiger charge is 2.30. The molecule has 0 aromatic heterocycles. The van der Waals surface area contributed by atoms with Gasteiger partial charge in [0.1, 0.15) is 19.3 Å². The molecule has 0 fully saturated rings. The summed E-state index contributed by atoms with van der Waals surface area (Å²) in [5.41, 5.74) is 0.